The molecule has 2 aromatic rings. The number of hydrogen-bond donors (Lipinski definition) is 0. The molecule has 30 heavy (non-hydrogen) atoms. The largest absolute Gasteiger partial charge is 0.416 e. The van der Waals surface area contributed by atoms with Crippen LogP contribution in [0.15, 0.2) is 67.3 Å². The molecule has 1 fully saturated rings. The summed E-state index contributed by atoms with van der Waals surface area (Å²) in [7, 11) is 0. The van der Waals surface area contributed by atoms with Crippen LogP contribution < -0.4 is 4.90 Å². The van der Waals surface area contributed by atoms with Crippen molar-refractivity contribution in [1.82, 2.24) is 4.90 Å². The molecule has 1 heterocycles. The Morgan fingerprint density at radius 1 is 1.03 bits per heavy atom. The summed E-state index contributed by atoms with van der Waals surface area (Å²) in [5.41, 5.74) is 0.225. The Morgan fingerprint density at radius 2 is 1.63 bits per heavy atom. The molecule has 2 aromatic carbocycles. The summed E-state index contributed by atoms with van der Waals surface area (Å²) in [6.45, 7) is 4.89. The van der Waals surface area contributed by atoms with Crippen molar-refractivity contribution in [3.8, 4) is 0 Å². The second-order valence-electron chi connectivity index (χ2n) is 7.21. The van der Waals surface area contributed by atoms with Gasteiger partial charge >= 0.3 is 6.18 Å². The third kappa shape index (κ3) is 4.90. The van der Waals surface area contributed by atoms with Crippen molar-refractivity contribution in [3.05, 3.63) is 78.4 Å². The molecule has 2 amide bonds. The van der Waals surface area contributed by atoms with E-state index in [0.29, 0.717) is 32.5 Å². The van der Waals surface area contributed by atoms with E-state index in [4.69, 9.17) is 0 Å². The molecule has 0 saturated carbocycles. The van der Waals surface area contributed by atoms with Crippen molar-refractivity contribution < 1.29 is 22.8 Å². The number of amides is 2. The minimum Gasteiger partial charge on any atom is -0.339 e. The lowest BCUT2D eigenvalue weighted by Crippen LogP contribution is -2.44. The first-order chi connectivity index (χ1) is 14.3. The van der Waals surface area contributed by atoms with Gasteiger partial charge in [-0.15, -0.1) is 6.58 Å². The summed E-state index contributed by atoms with van der Waals surface area (Å²) >= 11 is 0. The van der Waals surface area contributed by atoms with Crippen molar-refractivity contribution in [3.63, 3.8) is 0 Å². The van der Waals surface area contributed by atoms with Gasteiger partial charge in [0.05, 0.1) is 5.56 Å². The van der Waals surface area contributed by atoms with Crippen LogP contribution in [0.5, 0.6) is 0 Å². The van der Waals surface area contributed by atoms with E-state index in [-0.39, 0.29) is 23.3 Å². The number of alkyl halides is 3. The molecule has 0 aliphatic carbocycles. The van der Waals surface area contributed by atoms with E-state index in [1.54, 1.807) is 15.9 Å². The fraction of sp³-hybridized carbons (Fsp3) is 0.304. The summed E-state index contributed by atoms with van der Waals surface area (Å²) in [6.07, 6.45) is -1.75. The van der Waals surface area contributed by atoms with Gasteiger partial charge < -0.3 is 9.80 Å². The number of benzene rings is 2. The minimum atomic E-state index is -4.43. The van der Waals surface area contributed by atoms with Gasteiger partial charge in [-0.1, -0.05) is 24.3 Å². The fourth-order valence-electron chi connectivity index (χ4n) is 3.59. The molecular formula is C23H23F3N2O2. The zero-order chi connectivity index (χ0) is 21.7. The maximum atomic E-state index is 13.0. The molecule has 3 rings (SSSR count). The lowest BCUT2D eigenvalue weighted by Gasteiger charge is -2.34. The highest BCUT2D eigenvalue weighted by atomic mass is 19.4. The number of para-hydroxylation sites is 1. The number of piperidine rings is 1. The Morgan fingerprint density at radius 3 is 2.17 bits per heavy atom. The van der Waals surface area contributed by atoms with E-state index in [2.05, 4.69) is 6.58 Å². The van der Waals surface area contributed by atoms with Crippen molar-refractivity contribution in [1.29, 1.82) is 0 Å². The van der Waals surface area contributed by atoms with Gasteiger partial charge in [0, 0.05) is 36.8 Å². The van der Waals surface area contributed by atoms with Gasteiger partial charge in [0.15, 0.2) is 0 Å². The number of nitrogens with zero attached hydrogens (tertiary/aromatic N) is 2. The molecule has 0 spiro atoms. The van der Waals surface area contributed by atoms with Crippen molar-refractivity contribution in [2.45, 2.75) is 19.0 Å². The first kappa shape index (κ1) is 21.6. The molecule has 4 nitrogen and oxygen atoms in total. The second-order valence-corrected chi connectivity index (χ2v) is 7.21. The smallest absolute Gasteiger partial charge is 0.339 e. The molecule has 0 atom stereocenters. The molecule has 0 bridgehead atoms. The standard InChI is InChI=1S/C23H23F3N2O2/c1-2-14-28(20-6-4-3-5-7-20)22(30)18-12-15-27(16-13-18)21(29)17-8-10-19(11-9-17)23(24,25)26/h2-11,18H,1,12-16H2. The number of halogens is 3. The topological polar surface area (TPSA) is 40.6 Å². The van der Waals surface area contributed by atoms with Gasteiger partial charge in [-0.2, -0.15) is 13.2 Å². The van der Waals surface area contributed by atoms with E-state index in [1.807, 2.05) is 30.3 Å². The van der Waals surface area contributed by atoms with E-state index >= 15 is 0 Å². The molecule has 1 saturated heterocycles. The zero-order valence-corrected chi connectivity index (χ0v) is 16.4. The maximum Gasteiger partial charge on any atom is 0.416 e. The quantitative estimate of drug-likeness (QED) is 0.659. The summed E-state index contributed by atoms with van der Waals surface area (Å²) in [6, 6.07) is 13.6. The van der Waals surface area contributed by atoms with Gasteiger partial charge in [-0.25, -0.2) is 0 Å². The minimum absolute atomic E-state index is 0.0114. The van der Waals surface area contributed by atoms with E-state index in [0.717, 1.165) is 17.8 Å². The predicted molar refractivity (Wildman–Crippen MR) is 109 cm³/mol. The lowest BCUT2D eigenvalue weighted by molar-refractivity contribution is -0.137. The Kier molecular flexibility index (Phi) is 6.59. The number of rotatable bonds is 5. The van der Waals surface area contributed by atoms with Crippen LogP contribution in [0.1, 0.15) is 28.8 Å². The van der Waals surface area contributed by atoms with Gasteiger partial charge in [-0.3, -0.25) is 9.59 Å². The van der Waals surface area contributed by atoms with Crippen LogP contribution >= 0.6 is 0 Å². The molecule has 0 radical (unpaired) electrons. The first-order valence-electron chi connectivity index (χ1n) is 9.75. The molecule has 0 aromatic heterocycles. The number of likely N-dealkylation sites (tertiary alicyclic amines) is 1. The van der Waals surface area contributed by atoms with Crippen LogP contribution in [0.2, 0.25) is 0 Å². The molecule has 1 aliphatic heterocycles. The number of carbonyl (C=O) groups excluding carboxylic acids is 2. The summed E-state index contributed by atoms with van der Waals surface area (Å²) in [5.74, 6) is -0.551. The van der Waals surface area contributed by atoms with Crippen LogP contribution in [-0.4, -0.2) is 36.3 Å². The summed E-state index contributed by atoms with van der Waals surface area (Å²) < 4.78 is 38.1. The highest BCUT2D eigenvalue weighted by Crippen LogP contribution is 2.30. The molecular weight excluding hydrogens is 393 g/mol. The highest BCUT2D eigenvalue weighted by Gasteiger charge is 2.32. The van der Waals surface area contributed by atoms with Crippen LogP contribution in [0.25, 0.3) is 0 Å². The van der Waals surface area contributed by atoms with Gasteiger partial charge in [0.1, 0.15) is 0 Å². The highest BCUT2D eigenvalue weighted by molar-refractivity contribution is 5.96. The van der Waals surface area contributed by atoms with Crippen LogP contribution in [0.4, 0.5) is 18.9 Å². The van der Waals surface area contributed by atoms with E-state index in [9.17, 15) is 22.8 Å². The third-order valence-corrected chi connectivity index (χ3v) is 5.24. The molecule has 158 valence electrons. The van der Waals surface area contributed by atoms with Gasteiger partial charge in [-0.05, 0) is 49.2 Å². The van der Waals surface area contributed by atoms with E-state index in [1.165, 1.54) is 12.1 Å². The van der Waals surface area contributed by atoms with Crippen molar-refractivity contribution in [2.75, 3.05) is 24.5 Å². The van der Waals surface area contributed by atoms with Crippen LogP contribution in [-0.2, 0) is 11.0 Å². The summed E-state index contributed by atoms with van der Waals surface area (Å²) in [4.78, 5) is 28.9. The Labute approximate surface area is 173 Å². The number of anilines is 1. The SMILES string of the molecule is C=CCN(C(=O)C1CCN(C(=O)c2ccc(C(F)(F)F)cc2)CC1)c1ccccc1. The zero-order valence-electron chi connectivity index (χ0n) is 16.4. The average molecular weight is 416 g/mol. The Balaban J connectivity index is 1.63. The van der Waals surface area contributed by atoms with E-state index < -0.39 is 11.7 Å². The second kappa shape index (κ2) is 9.15. The maximum absolute atomic E-state index is 13.0. The molecule has 0 unspecified atom stereocenters. The number of carbonyl (C=O) groups is 2. The van der Waals surface area contributed by atoms with Crippen LogP contribution in [0, 0.1) is 5.92 Å². The summed E-state index contributed by atoms with van der Waals surface area (Å²) in [5, 5.41) is 0. The normalized spacial score (nSPS) is 15.0. The van der Waals surface area contributed by atoms with Gasteiger partial charge in [0.25, 0.3) is 5.91 Å². The monoisotopic (exact) mass is 416 g/mol. The van der Waals surface area contributed by atoms with Gasteiger partial charge in [0.2, 0.25) is 5.91 Å². The van der Waals surface area contributed by atoms with Crippen LogP contribution in [0.3, 0.4) is 0 Å². The average Bonchev–Trinajstić information content (AvgIpc) is 2.77. The lowest BCUT2D eigenvalue weighted by atomic mass is 9.94. The third-order valence-electron chi connectivity index (χ3n) is 5.24. The molecule has 0 N–H and O–H groups in total. The number of hydrogen-bond acceptors (Lipinski definition) is 2. The fourth-order valence-corrected chi connectivity index (χ4v) is 3.59. The first-order valence-corrected chi connectivity index (χ1v) is 9.75. The molecule has 7 heteroatoms. The van der Waals surface area contributed by atoms with Crippen molar-refractivity contribution >= 4 is 17.5 Å². The predicted octanol–water partition coefficient (Wildman–Crippen LogP) is 4.78. The molecule has 1 aliphatic rings. The Hall–Kier alpha value is -3.09. The Bertz CT molecular complexity index is 887. The van der Waals surface area contributed by atoms with Crippen molar-refractivity contribution in [2.24, 2.45) is 5.92 Å².